The van der Waals surface area contributed by atoms with Gasteiger partial charge >= 0.3 is 11.7 Å². The van der Waals surface area contributed by atoms with E-state index in [9.17, 15) is 19.8 Å². The molecule has 11 heteroatoms. The Bertz CT molecular complexity index is 1790. The molecule has 1 aliphatic rings. The summed E-state index contributed by atoms with van der Waals surface area (Å²) < 4.78 is 19.8. The summed E-state index contributed by atoms with van der Waals surface area (Å²) >= 11 is 0. The largest absolute Gasteiger partial charge is 0.481 e. The second-order valence-corrected chi connectivity index (χ2v) is 10.6. The molecule has 0 bridgehead atoms. The SMILES string of the molecule is C[C@H](CC(=O)O)c1ccc(-c2c(-c3cn(C)nc3F)[nH]c3ncc4c(c23)n([C@H]2CC[C@H](O)C2)c(=O)n4C)cc1. The van der Waals surface area contributed by atoms with Crippen molar-refractivity contribution in [2.45, 2.75) is 50.7 Å². The van der Waals surface area contributed by atoms with E-state index in [1.54, 1.807) is 35.6 Å². The minimum atomic E-state index is -0.870. The number of fused-ring (bicyclic) bond motifs is 3. The fraction of sp³-hybridized carbons (Fsp3) is 0.357. The molecule has 0 radical (unpaired) electrons. The van der Waals surface area contributed by atoms with E-state index in [1.165, 1.54) is 4.68 Å². The minimum absolute atomic E-state index is 0.00660. The van der Waals surface area contributed by atoms with Gasteiger partial charge in [-0.15, -0.1) is 5.10 Å². The molecule has 4 heterocycles. The molecule has 39 heavy (non-hydrogen) atoms. The number of aliphatic hydroxyl groups is 1. The van der Waals surface area contributed by atoms with Crippen LogP contribution in [0.15, 0.2) is 41.5 Å². The maximum atomic E-state index is 15.0. The van der Waals surface area contributed by atoms with Crippen molar-refractivity contribution in [1.82, 2.24) is 28.9 Å². The summed E-state index contributed by atoms with van der Waals surface area (Å²) in [6, 6.07) is 7.35. The zero-order valence-corrected chi connectivity index (χ0v) is 21.8. The first-order valence-electron chi connectivity index (χ1n) is 12.9. The monoisotopic (exact) mass is 532 g/mol. The van der Waals surface area contributed by atoms with Crippen molar-refractivity contribution < 1.29 is 19.4 Å². The quantitative estimate of drug-likeness (QED) is 0.302. The van der Waals surface area contributed by atoms with Crippen LogP contribution in [0.25, 0.3) is 44.5 Å². The van der Waals surface area contributed by atoms with Gasteiger partial charge in [0, 0.05) is 31.9 Å². The first-order chi connectivity index (χ1) is 18.6. The third-order valence-corrected chi connectivity index (χ3v) is 7.92. The molecule has 10 nitrogen and oxygen atoms in total. The summed E-state index contributed by atoms with van der Waals surface area (Å²) in [7, 11) is 3.34. The Labute approximate surface area is 222 Å². The van der Waals surface area contributed by atoms with Crippen LogP contribution in [0.3, 0.4) is 0 Å². The van der Waals surface area contributed by atoms with E-state index in [1.807, 2.05) is 31.2 Å². The molecule has 0 saturated heterocycles. The molecule has 0 spiro atoms. The Hall–Kier alpha value is -4.25. The number of benzene rings is 1. The standard InChI is InChI=1S/C28H29FN6O4/c1-14(10-21(37)38)15-4-6-16(7-5-15)22-23-25-20(34(3)28(39)35(25)17-8-9-18(36)11-17)12-30-27(23)31-24(22)19-13-33(2)32-26(19)29/h4-7,12-14,17-18,36H,8-11H2,1-3H3,(H,30,31)(H,37,38)/t14-,17+,18+/m1/s1. The van der Waals surface area contributed by atoms with E-state index in [2.05, 4.69) is 15.1 Å². The molecule has 202 valence electrons. The first-order valence-corrected chi connectivity index (χ1v) is 12.9. The number of carboxylic acid groups (broad SMARTS) is 1. The number of nitrogens with zero attached hydrogens (tertiary/aromatic N) is 5. The van der Waals surface area contributed by atoms with Crippen LogP contribution in [0.5, 0.6) is 0 Å². The van der Waals surface area contributed by atoms with E-state index >= 15 is 4.39 Å². The number of H-pyrrole nitrogens is 1. The topological polar surface area (TPSA) is 131 Å². The molecule has 1 aromatic carbocycles. The number of carboxylic acids is 1. The summed E-state index contributed by atoms with van der Waals surface area (Å²) in [5.74, 6) is -1.70. The number of imidazole rings is 1. The lowest BCUT2D eigenvalue weighted by atomic mass is 9.93. The lowest BCUT2D eigenvalue weighted by Gasteiger charge is -2.14. The van der Waals surface area contributed by atoms with Gasteiger partial charge in [0.05, 0.1) is 46.4 Å². The van der Waals surface area contributed by atoms with Gasteiger partial charge in [-0.3, -0.25) is 18.6 Å². The Balaban J connectivity index is 1.66. The number of aliphatic hydroxyl groups excluding tert-OH is 1. The van der Waals surface area contributed by atoms with Crippen LogP contribution in [0.2, 0.25) is 0 Å². The molecular weight excluding hydrogens is 503 g/mol. The average molecular weight is 533 g/mol. The Morgan fingerprint density at radius 2 is 1.97 bits per heavy atom. The van der Waals surface area contributed by atoms with E-state index in [0.29, 0.717) is 52.6 Å². The van der Waals surface area contributed by atoms with E-state index in [0.717, 1.165) is 11.1 Å². The van der Waals surface area contributed by atoms with Crippen molar-refractivity contribution in [3.8, 4) is 22.4 Å². The van der Waals surface area contributed by atoms with E-state index in [4.69, 9.17) is 0 Å². The van der Waals surface area contributed by atoms with E-state index < -0.39 is 18.0 Å². The van der Waals surface area contributed by atoms with Gasteiger partial charge in [-0.1, -0.05) is 31.2 Å². The highest BCUT2D eigenvalue weighted by Gasteiger charge is 2.31. The van der Waals surface area contributed by atoms with Gasteiger partial charge in [-0.25, -0.2) is 9.78 Å². The predicted molar refractivity (Wildman–Crippen MR) is 144 cm³/mol. The molecule has 1 saturated carbocycles. The minimum Gasteiger partial charge on any atom is -0.481 e. The number of halogens is 1. The predicted octanol–water partition coefficient (Wildman–Crippen LogP) is 4.09. The molecule has 6 rings (SSSR count). The van der Waals surface area contributed by atoms with Gasteiger partial charge in [0.2, 0.25) is 5.95 Å². The number of nitrogens with one attached hydrogen (secondary N) is 1. The van der Waals surface area contributed by atoms with Crippen LogP contribution in [-0.4, -0.2) is 51.2 Å². The second-order valence-electron chi connectivity index (χ2n) is 10.6. The Kier molecular flexibility index (Phi) is 5.91. The van der Waals surface area contributed by atoms with Gasteiger partial charge in [-0.05, 0) is 36.3 Å². The van der Waals surface area contributed by atoms with Crippen molar-refractivity contribution in [2.24, 2.45) is 14.1 Å². The normalized spacial score (nSPS) is 18.4. The molecule has 1 fully saturated rings. The number of hydrogen-bond donors (Lipinski definition) is 3. The van der Waals surface area contributed by atoms with Crippen molar-refractivity contribution in [3.63, 3.8) is 0 Å². The van der Waals surface area contributed by atoms with Gasteiger partial charge in [0.1, 0.15) is 5.65 Å². The summed E-state index contributed by atoms with van der Waals surface area (Å²) in [5.41, 5.74) is 4.67. The highest BCUT2D eigenvalue weighted by Crippen LogP contribution is 2.43. The third kappa shape index (κ3) is 4.04. The number of rotatable bonds is 6. The second kappa shape index (κ2) is 9.19. The number of carbonyl (C=O) groups is 1. The summed E-state index contributed by atoms with van der Waals surface area (Å²) in [4.78, 5) is 32.6. The molecule has 0 amide bonds. The Morgan fingerprint density at radius 3 is 2.59 bits per heavy atom. The van der Waals surface area contributed by atoms with Crippen LogP contribution in [0.4, 0.5) is 4.39 Å². The summed E-state index contributed by atoms with van der Waals surface area (Å²) in [6.07, 6.45) is 4.53. The fourth-order valence-electron chi connectivity index (χ4n) is 5.96. The van der Waals surface area contributed by atoms with Gasteiger partial charge in [0.15, 0.2) is 0 Å². The molecular formula is C28H29FN6O4. The Morgan fingerprint density at radius 1 is 1.23 bits per heavy atom. The zero-order valence-electron chi connectivity index (χ0n) is 21.8. The van der Waals surface area contributed by atoms with Crippen molar-refractivity contribution >= 4 is 28.0 Å². The summed E-state index contributed by atoms with van der Waals surface area (Å²) in [5, 5.41) is 24.0. The fourth-order valence-corrected chi connectivity index (χ4v) is 5.96. The van der Waals surface area contributed by atoms with Crippen LogP contribution in [-0.2, 0) is 18.9 Å². The number of aromatic amines is 1. The molecule has 0 unspecified atom stereocenters. The van der Waals surface area contributed by atoms with E-state index in [-0.39, 0.29) is 29.6 Å². The molecule has 1 aliphatic carbocycles. The number of hydrogen-bond acceptors (Lipinski definition) is 5. The number of aromatic nitrogens is 6. The average Bonchev–Trinajstić information content (AvgIpc) is 3.63. The first kappa shape index (κ1) is 25.1. The summed E-state index contributed by atoms with van der Waals surface area (Å²) in [6.45, 7) is 1.86. The molecule has 4 aromatic heterocycles. The maximum absolute atomic E-state index is 15.0. The van der Waals surface area contributed by atoms with Crippen molar-refractivity contribution in [2.75, 3.05) is 0 Å². The lowest BCUT2D eigenvalue weighted by Crippen LogP contribution is -2.25. The number of aliphatic carboxylic acids is 1. The maximum Gasteiger partial charge on any atom is 0.329 e. The van der Waals surface area contributed by atoms with Gasteiger partial charge in [-0.2, -0.15) is 4.39 Å². The number of pyridine rings is 1. The lowest BCUT2D eigenvalue weighted by molar-refractivity contribution is -0.137. The molecule has 0 aliphatic heterocycles. The molecule has 3 atom stereocenters. The van der Waals surface area contributed by atoms with Gasteiger partial charge < -0.3 is 15.2 Å². The third-order valence-electron chi connectivity index (χ3n) is 7.92. The molecule has 5 aromatic rings. The number of aryl methyl sites for hydroxylation is 2. The van der Waals surface area contributed by atoms with Crippen LogP contribution < -0.4 is 5.69 Å². The van der Waals surface area contributed by atoms with Crippen LogP contribution >= 0.6 is 0 Å². The smallest absolute Gasteiger partial charge is 0.329 e. The van der Waals surface area contributed by atoms with Crippen molar-refractivity contribution in [1.29, 1.82) is 0 Å². The molecule has 3 N–H and O–H groups in total. The van der Waals surface area contributed by atoms with Crippen LogP contribution in [0, 0.1) is 5.95 Å². The van der Waals surface area contributed by atoms with Crippen LogP contribution in [0.1, 0.15) is 50.1 Å². The van der Waals surface area contributed by atoms with Crippen molar-refractivity contribution in [3.05, 3.63) is 58.7 Å². The van der Waals surface area contributed by atoms with Gasteiger partial charge in [0.25, 0.3) is 0 Å². The zero-order chi connectivity index (χ0) is 27.6. The highest BCUT2D eigenvalue weighted by molar-refractivity contribution is 6.14. The highest BCUT2D eigenvalue weighted by atomic mass is 19.1.